The van der Waals surface area contributed by atoms with Crippen molar-refractivity contribution in [1.82, 2.24) is 9.97 Å². The molecule has 0 spiro atoms. The largest absolute Gasteiger partial charge is 0.390 e. The van der Waals surface area contributed by atoms with E-state index < -0.39 is 5.60 Å². The highest BCUT2D eigenvalue weighted by Crippen LogP contribution is 2.29. The van der Waals surface area contributed by atoms with Gasteiger partial charge in [0.25, 0.3) is 0 Å². The third-order valence-electron chi connectivity index (χ3n) is 3.47. The predicted molar refractivity (Wildman–Crippen MR) is 75.0 cm³/mol. The van der Waals surface area contributed by atoms with Gasteiger partial charge >= 0.3 is 0 Å². The summed E-state index contributed by atoms with van der Waals surface area (Å²) in [6.45, 7) is 1.88. The van der Waals surface area contributed by atoms with Crippen molar-refractivity contribution in [3.05, 3.63) is 11.8 Å². The highest BCUT2D eigenvalue weighted by Gasteiger charge is 2.29. The van der Waals surface area contributed by atoms with Gasteiger partial charge in [-0.2, -0.15) is 5.26 Å². The van der Waals surface area contributed by atoms with Gasteiger partial charge in [-0.05, 0) is 38.9 Å². The molecule has 0 aromatic carbocycles. The van der Waals surface area contributed by atoms with E-state index in [4.69, 9.17) is 5.26 Å². The molecule has 1 saturated carbocycles. The summed E-state index contributed by atoms with van der Waals surface area (Å²) in [5.41, 5.74) is -0.0815. The topological polar surface area (TPSA) is 81.8 Å². The molecule has 1 aromatic rings. The van der Waals surface area contributed by atoms with E-state index in [2.05, 4.69) is 21.4 Å². The zero-order valence-corrected chi connectivity index (χ0v) is 12.0. The van der Waals surface area contributed by atoms with E-state index in [9.17, 15) is 5.11 Å². The smallest absolute Gasteiger partial charge is 0.189 e. The maximum Gasteiger partial charge on any atom is 0.189 e. The number of hydrogen-bond acceptors (Lipinski definition) is 6. The lowest BCUT2D eigenvalue weighted by Gasteiger charge is -2.33. The fraction of sp³-hybridized carbons (Fsp3) is 0.615. The lowest BCUT2D eigenvalue weighted by atomic mass is 9.83. The summed E-state index contributed by atoms with van der Waals surface area (Å²) in [6, 6.07) is 2.37. The molecule has 1 aliphatic rings. The van der Waals surface area contributed by atoms with Gasteiger partial charge < -0.3 is 10.4 Å². The molecule has 0 bridgehead atoms. The van der Waals surface area contributed by atoms with Crippen LogP contribution < -0.4 is 5.32 Å². The molecule has 0 atom stereocenters. The van der Waals surface area contributed by atoms with Gasteiger partial charge in [-0.25, -0.2) is 9.97 Å². The van der Waals surface area contributed by atoms with Gasteiger partial charge in [0.15, 0.2) is 5.16 Å². The van der Waals surface area contributed by atoms with Crippen LogP contribution in [0.2, 0.25) is 0 Å². The predicted octanol–water partition coefficient (Wildman–Crippen LogP) is 2.18. The third kappa shape index (κ3) is 3.58. The number of aromatic nitrogens is 2. The van der Waals surface area contributed by atoms with Crippen LogP contribution in [0.3, 0.4) is 0 Å². The molecule has 5 nitrogen and oxygen atoms in total. The van der Waals surface area contributed by atoms with Crippen LogP contribution in [0.25, 0.3) is 0 Å². The molecule has 0 saturated heterocycles. The van der Waals surface area contributed by atoms with Crippen molar-refractivity contribution < 1.29 is 5.11 Å². The fourth-order valence-electron chi connectivity index (χ4n) is 2.23. The Morgan fingerprint density at radius 3 is 2.79 bits per heavy atom. The molecule has 2 N–H and O–H groups in total. The van der Waals surface area contributed by atoms with Crippen LogP contribution in [0.5, 0.6) is 0 Å². The maximum atomic E-state index is 9.93. The zero-order chi connectivity index (χ0) is 13.9. The van der Waals surface area contributed by atoms with Crippen LogP contribution in [0.4, 0.5) is 5.82 Å². The summed E-state index contributed by atoms with van der Waals surface area (Å²) in [7, 11) is 0. The van der Waals surface area contributed by atoms with E-state index in [0.717, 1.165) is 25.7 Å². The normalized spacial score (nSPS) is 26.7. The lowest BCUT2D eigenvalue weighted by molar-refractivity contribution is 0.0196. The van der Waals surface area contributed by atoms with Crippen LogP contribution >= 0.6 is 11.8 Å². The Bertz CT molecular complexity index is 488. The number of thioether (sulfide) groups is 1. The summed E-state index contributed by atoms with van der Waals surface area (Å²) in [4.78, 5) is 8.44. The minimum Gasteiger partial charge on any atom is -0.390 e. The van der Waals surface area contributed by atoms with Crippen molar-refractivity contribution in [3.8, 4) is 6.07 Å². The highest BCUT2D eigenvalue weighted by molar-refractivity contribution is 7.98. The third-order valence-corrected chi connectivity index (χ3v) is 4.04. The number of nitriles is 1. The average Bonchev–Trinajstić information content (AvgIpc) is 2.41. The molecular weight excluding hydrogens is 260 g/mol. The van der Waals surface area contributed by atoms with E-state index in [-0.39, 0.29) is 6.04 Å². The minimum absolute atomic E-state index is 0.261. The van der Waals surface area contributed by atoms with Gasteiger partial charge in [0.05, 0.1) is 11.8 Å². The molecule has 0 aliphatic heterocycles. The quantitative estimate of drug-likeness (QED) is 0.651. The number of rotatable bonds is 3. The van der Waals surface area contributed by atoms with E-state index in [1.54, 1.807) is 6.20 Å². The fourth-order valence-corrected chi connectivity index (χ4v) is 2.57. The van der Waals surface area contributed by atoms with E-state index in [0.29, 0.717) is 16.5 Å². The maximum absolute atomic E-state index is 9.93. The monoisotopic (exact) mass is 278 g/mol. The number of aliphatic hydroxyl groups is 1. The molecule has 1 aliphatic carbocycles. The van der Waals surface area contributed by atoms with Crippen molar-refractivity contribution >= 4 is 17.6 Å². The number of hydrogen-bond donors (Lipinski definition) is 2. The molecule has 6 heteroatoms. The molecule has 1 heterocycles. The first-order chi connectivity index (χ1) is 9.04. The second-order valence-corrected chi connectivity index (χ2v) is 5.92. The van der Waals surface area contributed by atoms with Crippen molar-refractivity contribution in [3.63, 3.8) is 0 Å². The Morgan fingerprint density at radius 1 is 1.53 bits per heavy atom. The Hall–Kier alpha value is -1.32. The van der Waals surface area contributed by atoms with Gasteiger partial charge in [-0.3, -0.25) is 0 Å². The van der Waals surface area contributed by atoms with Gasteiger partial charge in [-0.1, -0.05) is 11.8 Å². The number of nitrogens with one attached hydrogen (secondary N) is 1. The van der Waals surface area contributed by atoms with Crippen LogP contribution in [0.1, 0.15) is 38.2 Å². The summed E-state index contributed by atoms with van der Waals surface area (Å²) < 4.78 is 0. The molecular formula is C13H18N4OS. The minimum atomic E-state index is -0.549. The Morgan fingerprint density at radius 2 is 2.21 bits per heavy atom. The zero-order valence-electron chi connectivity index (χ0n) is 11.2. The summed E-state index contributed by atoms with van der Waals surface area (Å²) in [5.74, 6) is 0.605. The van der Waals surface area contributed by atoms with Gasteiger partial charge in [0.1, 0.15) is 17.5 Å². The highest BCUT2D eigenvalue weighted by atomic mass is 32.2. The van der Waals surface area contributed by atoms with Crippen molar-refractivity contribution in [2.24, 2.45) is 0 Å². The van der Waals surface area contributed by atoms with Gasteiger partial charge in [0.2, 0.25) is 0 Å². The van der Waals surface area contributed by atoms with Gasteiger partial charge in [0, 0.05) is 6.04 Å². The first-order valence-electron chi connectivity index (χ1n) is 6.34. The second-order valence-electron chi connectivity index (χ2n) is 5.15. The van der Waals surface area contributed by atoms with E-state index in [1.807, 2.05) is 13.2 Å². The van der Waals surface area contributed by atoms with Crippen LogP contribution in [-0.4, -0.2) is 33.0 Å². The molecule has 2 rings (SSSR count). The first-order valence-corrected chi connectivity index (χ1v) is 7.56. The average molecular weight is 278 g/mol. The van der Waals surface area contributed by atoms with Crippen molar-refractivity contribution in [1.29, 1.82) is 5.26 Å². The molecule has 0 amide bonds. The van der Waals surface area contributed by atoms with E-state index in [1.165, 1.54) is 11.8 Å². The number of anilines is 1. The van der Waals surface area contributed by atoms with E-state index >= 15 is 0 Å². The second kappa shape index (κ2) is 5.76. The standard InChI is InChI=1S/C13H18N4OS/c1-13(18)5-3-10(4-6-13)16-11-9(7-14)8-15-12(17-11)19-2/h8,10,18H,3-6H2,1-2H3,(H,15,16,17)/t10-,13+. The first kappa shape index (κ1) is 14.1. The Labute approximate surface area is 117 Å². The molecule has 1 aromatic heterocycles. The van der Waals surface area contributed by atoms with Crippen LogP contribution in [0.15, 0.2) is 11.4 Å². The summed E-state index contributed by atoms with van der Waals surface area (Å²) >= 11 is 1.45. The summed E-state index contributed by atoms with van der Waals surface area (Å²) in [5, 5.41) is 23.0. The molecule has 1 fully saturated rings. The van der Waals surface area contributed by atoms with Crippen LogP contribution in [0, 0.1) is 11.3 Å². The molecule has 0 unspecified atom stereocenters. The Balaban J connectivity index is 2.09. The molecule has 0 radical (unpaired) electrons. The lowest BCUT2D eigenvalue weighted by Crippen LogP contribution is -2.36. The van der Waals surface area contributed by atoms with Crippen LogP contribution in [-0.2, 0) is 0 Å². The van der Waals surface area contributed by atoms with Crippen molar-refractivity contribution in [2.45, 2.75) is 49.4 Å². The SMILES string of the molecule is CSc1ncc(C#N)c(N[C@H]2CC[C@@](C)(O)CC2)n1. The van der Waals surface area contributed by atoms with Crippen molar-refractivity contribution in [2.75, 3.05) is 11.6 Å². The van der Waals surface area contributed by atoms with Gasteiger partial charge in [-0.15, -0.1) is 0 Å². The summed E-state index contributed by atoms with van der Waals surface area (Å²) in [6.07, 6.45) is 6.77. The molecule has 19 heavy (non-hydrogen) atoms. The molecule has 102 valence electrons. The number of nitrogens with zero attached hydrogens (tertiary/aromatic N) is 3. The Kier molecular flexibility index (Phi) is 4.27.